The first-order chi connectivity index (χ1) is 7.18. The van der Waals surface area contributed by atoms with Crippen LogP contribution in [0.4, 0.5) is 0 Å². The van der Waals surface area contributed by atoms with Gasteiger partial charge in [-0.25, -0.2) is 0 Å². The lowest BCUT2D eigenvalue weighted by Crippen LogP contribution is -1.84. The zero-order valence-electron chi connectivity index (χ0n) is 7.74. The maximum absolute atomic E-state index is 9.96. The Labute approximate surface area is 116 Å². The third-order valence-electron chi connectivity index (χ3n) is 2.11. The predicted octanol–water partition coefficient (Wildman–Crippen LogP) is 4.27. The topological polar surface area (TPSA) is 20.2 Å². The standard InChI is InChI=1S/C12H8I2O/c13-9-6-10(12(15)11(14)7-9)8-4-2-1-3-5-8/h1-7,15H. The second-order valence-electron chi connectivity index (χ2n) is 3.15. The molecule has 0 aliphatic carbocycles. The van der Waals surface area contributed by atoms with Gasteiger partial charge in [-0.15, -0.1) is 0 Å². The molecule has 1 N–H and O–H groups in total. The molecule has 0 aromatic heterocycles. The van der Waals surface area contributed by atoms with E-state index in [9.17, 15) is 5.11 Å². The van der Waals surface area contributed by atoms with Crippen LogP contribution in [0.5, 0.6) is 5.75 Å². The molecule has 2 aromatic rings. The van der Waals surface area contributed by atoms with Crippen molar-refractivity contribution in [3.63, 3.8) is 0 Å². The molecule has 0 aliphatic rings. The summed E-state index contributed by atoms with van der Waals surface area (Å²) in [5, 5.41) is 9.96. The van der Waals surface area contributed by atoms with Crippen molar-refractivity contribution in [2.75, 3.05) is 0 Å². The van der Waals surface area contributed by atoms with Crippen molar-refractivity contribution < 1.29 is 5.11 Å². The predicted molar refractivity (Wildman–Crippen MR) is 79.0 cm³/mol. The van der Waals surface area contributed by atoms with Crippen molar-refractivity contribution in [1.82, 2.24) is 0 Å². The van der Waals surface area contributed by atoms with Gasteiger partial charge < -0.3 is 5.11 Å². The molecular weight excluding hydrogens is 414 g/mol. The number of hydrogen-bond acceptors (Lipinski definition) is 1. The van der Waals surface area contributed by atoms with Gasteiger partial charge in [-0.3, -0.25) is 0 Å². The summed E-state index contributed by atoms with van der Waals surface area (Å²) in [5.41, 5.74) is 1.94. The Morgan fingerprint density at radius 1 is 0.933 bits per heavy atom. The van der Waals surface area contributed by atoms with Crippen LogP contribution < -0.4 is 0 Å². The van der Waals surface area contributed by atoms with Crippen LogP contribution in [0.25, 0.3) is 11.1 Å². The van der Waals surface area contributed by atoms with Crippen LogP contribution in [0, 0.1) is 7.14 Å². The van der Waals surface area contributed by atoms with Crippen LogP contribution in [0.2, 0.25) is 0 Å². The van der Waals surface area contributed by atoms with Crippen molar-refractivity contribution >= 4 is 45.2 Å². The molecule has 3 heteroatoms. The van der Waals surface area contributed by atoms with Gasteiger partial charge >= 0.3 is 0 Å². The minimum absolute atomic E-state index is 0.363. The van der Waals surface area contributed by atoms with Crippen LogP contribution in [0.3, 0.4) is 0 Å². The minimum Gasteiger partial charge on any atom is -0.506 e. The number of hydrogen-bond donors (Lipinski definition) is 1. The summed E-state index contributed by atoms with van der Waals surface area (Å²) >= 11 is 4.41. The highest BCUT2D eigenvalue weighted by Crippen LogP contribution is 2.34. The molecule has 0 radical (unpaired) electrons. The first-order valence-electron chi connectivity index (χ1n) is 4.42. The first-order valence-corrected chi connectivity index (χ1v) is 6.57. The Morgan fingerprint density at radius 3 is 2.27 bits per heavy atom. The molecule has 0 unspecified atom stereocenters. The molecule has 0 amide bonds. The second-order valence-corrected chi connectivity index (χ2v) is 5.56. The van der Waals surface area contributed by atoms with E-state index in [1.54, 1.807) is 0 Å². The molecule has 0 bridgehead atoms. The lowest BCUT2D eigenvalue weighted by molar-refractivity contribution is 0.473. The summed E-state index contributed by atoms with van der Waals surface area (Å²) in [7, 11) is 0. The highest BCUT2D eigenvalue weighted by Gasteiger charge is 2.08. The number of halogens is 2. The van der Waals surface area contributed by atoms with Gasteiger partial charge in [0.2, 0.25) is 0 Å². The molecule has 76 valence electrons. The Bertz CT molecular complexity index is 480. The van der Waals surface area contributed by atoms with Crippen LogP contribution in [-0.2, 0) is 0 Å². The van der Waals surface area contributed by atoms with Gasteiger partial charge in [-0.1, -0.05) is 30.3 Å². The Morgan fingerprint density at radius 2 is 1.60 bits per heavy atom. The van der Waals surface area contributed by atoms with Crippen molar-refractivity contribution in [1.29, 1.82) is 0 Å². The molecule has 0 saturated carbocycles. The van der Waals surface area contributed by atoms with Gasteiger partial charge in [-0.2, -0.15) is 0 Å². The first kappa shape index (κ1) is 11.2. The molecule has 2 aromatic carbocycles. The normalized spacial score (nSPS) is 10.3. The SMILES string of the molecule is Oc1c(I)cc(I)cc1-c1ccccc1. The van der Waals surface area contributed by atoms with Crippen LogP contribution in [-0.4, -0.2) is 5.11 Å². The molecule has 0 saturated heterocycles. The minimum atomic E-state index is 0.363. The Balaban J connectivity index is 2.63. The van der Waals surface area contributed by atoms with E-state index in [1.165, 1.54) is 0 Å². The van der Waals surface area contributed by atoms with Gasteiger partial charge in [0.05, 0.1) is 3.57 Å². The molecule has 2 rings (SSSR count). The summed E-state index contributed by atoms with van der Waals surface area (Å²) in [6.45, 7) is 0. The number of phenols is 1. The van der Waals surface area contributed by atoms with Crippen molar-refractivity contribution in [2.24, 2.45) is 0 Å². The smallest absolute Gasteiger partial charge is 0.136 e. The summed E-state index contributed by atoms with van der Waals surface area (Å²) in [6.07, 6.45) is 0. The average molecular weight is 422 g/mol. The molecule has 0 fully saturated rings. The van der Waals surface area contributed by atoms with Crippen LogP contribution >= 0.6 is 45.2 Å². The van der Waals surface area contributed by atoms with Crippen LogP contribution in [0.1, 0.15) is 0 Å². The van der Waals surface area contributed by atoms with Crippen molar-refractivity contribution in [3.05, 3.63) is 49.6 Å². The fourth-order valence-corrected chi connectivity index (χ4v) is 3.25. The van der Waals surface area contributed by atoms with Gasteiger partial charge in [0.1, 0.15) is 5.75 Å². The largest absolute Gasteiger partial charge is 0.506 e. The highest BCUT2D eigenvalue weighted by molar-refractivity contribution is 14.1. The van der Waals surface area contributed by atoms with Gasteiger partial charge in [0, 0.05) is 9.13 Å². The quantitative estimate of drug-likeness (QED) is 0.682. The molecule has 0 atom stereocenters. The van der Waals surface area contributed by atoms with E-state index in [0.717, 1.165) is 18.3 Å². The van der Waals surface area contributed by atoms with E-state index in [0.29, 0.717) is 5.75 Å². The van der Waals surface area contributed by atoms with E-state index in [4.69, 9.17) is 0 Å². The maximum atomic E-state index is 9.96. The molecule has 15 heavy (non-hydrogen) atoms. The Kier molecular flexibility index (Phi) is 3.50. The highest BCUT2D eigenvalue weighted by atomic mass is 127. The Hall–Kier alpha value is -0.300. The van der Waals surface area contributed by atoms with Gasteiger partial charge in [-0.05, 0) is 62.9 Å². The number of aromatic hydroxyl groups is 1. The molecular formula is C12H8I2O. The van der Waals surface area contributed by atoms with Crippen molar-refractivity contribution in [2.45, 2.75) is 0 Å². The van der Waals surface area contributed by atoms with Gasteiger partial charge in [0.15, 0.2) is 0 Å². The third kappa shape index (κ3) is 2.44. The monoisotopic (exact) mass is 422 g/mol. The van der Waals surface area contributed by atoms with Gasteiger partial charge in [0.25, 0.3) is 0 Å². The van der Waals surface area contributed by atoms with E-state index in [-0.39, 0.29) is 0 Å². The van der Waals surface area contributed by atoms with E-state index in [2.05, 4.69) is 45.2 Å². The zero-order valence-corrected chi connectivity index (χ0v) is 12.1. The third-order valence-corrected chi connectivity index (χ3v) is 3.56. The fourth-order valence-electron chi connectivity index (χ4n) is 1.40. The number of benzene rings is 2. The van der Waals surface area contributed by atoms with Crippen molar-refractivity contribution in [3.8, 4) is 16.9 Å². The lowest BCUT2D eigenvalue weighted by Gasteiger charge is -2.07. The van der Waals surface area contributed by atoms with E-state index in [1.807, 2.05) is 42.5 Å². The fraction of sp³-hybridized carbons (Fsp3) is 0. The molecule has 0 spiro atoms. The second kappa shape index (κ2) is 4.69. The summed E-state index contributed by atoms with van der Waals surface area (Å²) in [5.74, 6) is 0.363. The lowest BCUT2D eigenvalue weighted by atomic mass is 10.1. The summed E-state index contributed by atoms with van der Waals surface area (Å²) in [4.78, 5) is 0. The average Bonchev–Trinajstić information content (AvgIpc) is 2.24. The summed E-state index contributed by atoms with van der Waals surface area (Å²) in [6, 6.07) is 13.9. The van der Waals surface area contributed by atoms with E-state index >= 15 is 0 Å². The van der Waals surface area contributed by atoms with E-state index < -0.39 is 0 Å². The zero-order chi connectivity index (χ0) is 10.8. The molecule has 1 nitrogen and oxygen atoms in total. The molecule has 0 aliphatic heterocycles. The molecule has 0 heterocycles. The van der Waals surface area contributed by atoms with Crippen LogP contribution in [0.15, 0.2) is 42.5 Å². The number of rotatable bonds is 1. The summed E-state index contributed by atoms with van der Waals surface area (Å²) < 4.78 is 2.02. The number of phenolic OH excluding ortho intramolecular Hbond substituents is 1. The maximum Gasteiger partial charge on any atom is 0.136 e.